The minimum absolute atomic E-state index is 0.0412. The van der Waals surface area contributed by atoms with E-state index in [2.05, 4.69) is 10.2 Å². The van der Waals surface area contributed by atoms with E-state index in [1.54, 1.807) is 6.07 Å². The first kappa shape index (κ1) is 13.6. The predicted molar refractivity (Wildman–Crippen MR) is 76.3 cm³/mol. The first-order valence-electron chi connectivity index (χ1n) is 6.75. The normalized spacial score (nSPS) is 27.5. The Morgan fingerprint density at radius 1 is 1.16 bits per heavy atom. The van der Waals surface area contributed by atoms with Crippen molar-refractivity contribution in [3.05, 3.63) is 33.6 Å². The highest BCUT2D eigenvalue weighted by molar-refractivity contribution is 6.42. The minimum Gasteiger partial charge on any atom is -0.315 e. The molecule has 1 aromatic rings. The average Bonchev–Trinajstić information content (AvgIpc) is 2.63. The van der Waals surface area contributed by atoms with E-state index in [1.165, 1.54) is 25.3 Å². The van der Waals surface area contributed by atoms with E-state index in [4.69, 9.17) is 23.2 Å². The van der Waals surface area contributed by atoms with Gasteiger partial charge in [-0.05, 0) is 37.4 Å². The maximum atomic E-state index is 13.3. The lowest BCUT2D eigenvalue weighted by Crippen LogP contribution is -2.37. The number of nitrogens with one attached hydrogen (secondary N) is 1. The van der Waals surface area contributed by atoms with Crippen LogP contribution in [0, 0.1) is 5.82 Å². The molecule has 2 aliphatic rings. The summed E-state index contributed by atoms with van der Waals surface area (Å²) in [5.74, 6) is -0.448. The van der Waals surface area contributed by atoms with E-state index in [-0.39, 0.29) is 5.02 Å². The van der Waals surface area contributed by atoms with Gasteiger partial charge >= 0.3 is 0 Å². The van der Waals surface area contributed by atoms with Crippen molar-refractivity contribution in [3.63, 3.8) is 0 Å². The minimum atomic E-state index is -0.448. The fourth-order valence-corrected chi connectivity index (χ4v) is 3.62. The molecule has 0 saturated carbocycles. The maximum Gasteiger partial charge on any atom is 0.143 e. The molecule has 0 spiro atoms. The van der Waals surface area contributed by atoms with Gasteiger partial charge in [-0.25, -0.2) is 4.39 Å². The molecular formula is C14H17Cl2FN2. The second kappa shape index (κ2) is 5.57. The van der Waals surface area contributed by atoms with Crippen molar-refractivity contribution in [2.45, 2.75) is 37.9 Å². The average molecular weight is 303 g/mol. The van der Waals surface area contributed by atoms with E-state index < -0.39 is 5.82 Å². The maximum absolute atomic E-state index is 13.3. The lowest BCUT2D eigenvalue weighted by molar-refractivity contribution is 0.193. The first-order valence-corrected chi connectivity index (χ1v) is 7.51. The van der Waals surface area contributed by atoms with Crippen LogP contribution in [0.2, 0.25) is 10.0 Å². The van der Waals surface area contributed by atoms with Gasteiger partial charge in [-0.3, -0.25) is 4.90 Å². The van der Waals surface area contributed by atoms with Crippen LogP contribution in [0.4, 0.5) is 4.39 Å². The van der Waals surface area contributed by atoms with Gasteiger partial charge in [-0.1, -0.05) is 29.3 Å². The first-order chi connectivity index (χ1) is 9.16. The number of hydrogen-bond acceptors (Lipinski definition) is 2. The summed E-state index contributed by atoms with van der Waals surface area (Å²) in [5, 5.41) is 3.87. The van der Waals surface area contributed by atoms with Crippen LogP contribution in [0.25, 0.3) is 0 Å². The topological polar surface area (TPSA) is 15.3 Å². The van der Waals surface area contributed by atoms with Gasteiger partial charge in [0.2, 0.25) is 0 Å². The molecule has 3 rings (SSSR count). The molecule has 2 fully saturated rings. The summed E-state index contributed by atoms with van der Waals surface area (Å²) in [6, 6.07) is 4.33. The Labute approximate surface area is 122 Å². The van der Waals surface area contributed by atoms with Crippen molar-refractivity contribution in [2.75, 3.05) is 13.1 Å². The van der Waals surface area contributed by atoms with Crippen molar-refractivity contribution in [3.8, 4) is 0 Å². The molecule has 5 heteroatoms. The monoisotopic (exact) mass is 302 g/mol. The Kier molecular flexibility index (Phi) is 3.99. The van der Waals surface area contributed by atoms with Gasteiger partial charge in [0.05, 0.1) is 10.0 Å². The summed E-state index contributed by atoms with van der Waals surface area (Å²) in [6.45, 7) is 2.87. The molecule has 2 unspecified atom stereocenters. The zero-order valence-electron chi connectivity index (χ0n) is 10.6. The fraction of sp³-hybridized carbons (Fsp3) is 0.571. The summed E-state index contributed by atoms with van der Waals surface area (Å²) >= 11 is 12.0. The number of benzene rings is 1. The quantitative estimate of drug-likeness (QED) is 0.842. The molecule has 2 heterocycles. The molecule has 2 bridgehead atoms. The molecule has 1 aromatic carbocycles. The molecule has 2 saturated heterocycles. The van der Waals surface area contributed by atoms with Crippen molar-refractivity contribution in [1.82, 2.24) is 10.2 Å². The molecule has 0 amide bonds. The standard InChI is InChI=1S/C14H17Cl2FN2/c15-13-9(1-4-12(17)14(13)16)8-19-10-2-3-11(19)7-18-6-5-10/h1,4,10-11,18H,2-3,5-8H2. The molecule has 0 radical (unpaired) electrons. The number of fused-ring (bicyclic) bond motifs is 2. The van der Waals surface area contributed by atoms with Gasteiger partial charge in [0.1, 0.15) is 5.82 Å². The molecule has 2 atom stereocenters. The Hall–Kier alpha value is -0.350. The zero-order chi connectivity index (χ0) is 13.4. The van der Waals surface area contributed by atoms with Gasteiger partial charge in [-0.2, -0.15) is 0 Å². The van der Waals surface area contributed by atoms with Crippen molar-refractivity contribution in [2.24, 2.45) is 0 Å². The van der Waals surface area contributed by atoms with E-state index in [9.17, 15) is 4.39 Å². The Balaban J connectivity index is 1.83. The summed E-state index contributed by atoms with van der Waals surface area (Å²) in [7, 11) is 0. The number of halogens is 3. The molecule has 0 aromatic heterocycles. The van der Waals surface area contributed by atoms with Gasteiger partial charge in [0.15, 0.2) is 0 Å². The predicted octanol–water partition coefficient (Wildman–Crippen LogP) is 3.46. The molecule has 2 aliphatic heterocycles. The van der Waals surface area contributed by atoms with Gasteiger partial charge < -0.3 is 5.32 Å². The van der Waals surface area contributed by atoms with E-state index >= 15 is 0 Å². The van der Waals surface area contributed by atoms with Crippen LogP contribution in [0.1, 0.15) is 24.8 Å². The summed E-state index contributed by atoms with van der Waals surface area (Å²) < 4.78 is 13.3. The Bertz CT molecular complexity index is 467. The van der Waals surface area contributed by atoms with Crippen LogP contribution >= 0.6 is 23.2 Å². The van der Waals surface area contributed by atoms with Crippen molar-refractivity contribution < 1.29 is 4.39 Å². The third-order valence-electron chi connectivity index (χ3n) is 4.27. The largest absolute Gasteiger partial charge is 0.315 e. The zero-order valence-corrected chi connectivity index (χ0v) is 12.1. The molecule has 1 N–H and O–H groups in total. The molecule has 2 nitrogen and oxygen atoms in total. The van der Waals surface area contributed by atoms with Crippen LogP contribution in [0.15, 0.2) is 12.1 Å². The van der Waals surface area contributed by atoms with Crippen LogP contribution in [0.3, 0.4) is 0 Å². The third kappa shape index (κ3) is 2.62. The highest BCUT2D eigenvalue weighted by atomic mass is 35.5. The number of nitrogens with zero attached hydrogens (tertiary/aromatic N) is 1. The van der Waals surface area contributed by atoms with Crippen LogP contribution in [-0.2, 0) is 6.54 Å². The lowest BCUT2D eigenvalue weighted by Gasteiger charge is -2.28. The fourth-order valence-electron chi connectivity index (χ4n) is 3.22. The smallest absolute Gasteiger partial charge is 0.143 e. The molecular weight excluding hydrogens is 286 g/mol. The van der Waals surface area contributed by atoms with Gasteiger partial charge in [-0.15, -0.1) is 0 Å². The van der Waals surface area contributed by atoms with E-state index in [0.717, 1.165) is 25.2 Å². The van der Waals surface area contributed by atoms with Crippen LogP contribution in [0.5, 0.6) is 0 Å². The second-order valence-electron chi connectivity index (χ2n) is 5.38. The van der Waals surface area contributed by atoms with E-state index in [0.29, 0.717) is 17.1 Å². The SMILES string of the molecule is Fc1ccc(CN2C3CCNCC2CC3)c(Cl)c1Cl. The summed E-state index contributed by atoms with van der Waals surface area (Å²) in [6.07, 6.45) is 3.64. The number of hydrogen-bond donors (Lipinski definition) is 1. The van der Waals surface area contributed by atoms with Crippen molar-refractivity contribution >= 4 is 23.2 Å². The highest BCUT2D eigenvalue weighted by Gasteiger charge is 2.35. The van der Waals surface area contributed by atoms with E-state index in [1.807, 2.05) is 0 Å². The second-order valence-corrected chi connectivity index (χ2v) is 6.14. The van der Waals surface area contributed by atoms with Crippen LogP contribution in [-0.4, -0.2) is 30.1 Å². The van der Waals surface area contributed by atoms with Gasteiger partial charge in [0, 0.05) is 25.2 Å². The Morgan fingerprint density at radius 3 is 2.79 bits per heavy atom. The lowest BCUT2D eigenvalue weighted by atomic mass is 10.1. The molecule has 19 heavy (non-hydrogen) atoms. The van der Waals surface area contributed by atoms with Crippen LogP contribution < -0.4 is 5.32 Å². The molecule has 104 valence electrons. The van der Waals surface area contributed by atoms with Crippen molar-refractivity contribution in [1.29, 1.82) is 0 Å². The summed E-state index contributed by atoms with van der Waals surface area (Å²) in [4.78, 5) is 2.50. The number of rotatable bonds is 2. The summed E-state index contributed by atoms with van der Waals surface area (Å²) in [5.41, 5.74) is 0.923. The molecule has 0 aliphatic carbocycles. The highest BCUT2D eigenvalue weighted by Crippen LogP contribution is 2.34. The van der Waals surface area contributed by atoms with Gasteiger partial charge in [0.25, 0.3) is 0 Å². The Morgan fingerprint density at radius 2 is 1.95 bits per heavy atom. The third-order valence-corrected chi connectivity index (χ3v) is 5.17.